The summed E-state index contributed by atoms with van der Waals surface area (Å²) in [5.74, 6) is 0.650. The summed E-state index contributed by atoms with van der Waals surface area (Å²) in [6, 6.07) is 0. The normalized spacial score (nSPS) is 17.6. The molecule has 3 heteroatoms. The molecule has 0 saturated heterocycles. The summed E-state index contributed by atoms with van der Waals surface area (Å²) in [7, 11) is 3.71. The van der Waals surface area contributed by atoms with Gasteiger partial charge in [0.15, 0.2) is 0 Å². The third kappa shape index (κ3) is 4.15. The molecule has 98 valence electrons. The van der Waals surface area contributed by atoms with E-state index in [1.807, 2.05) is 17.7 Å². The maximum absolute atomic E-state index is 9.50. The minimum Gasteiger partial charge on any atom is -0.392 e. The summed E-state index contributed by atoms with van der Waals surface area (Å²) < 4.78 is 0.203. The van der Waals surface area contributed by atoms with Gasteiger partial charge in [-0.15, -0.1) is 0 Å². The van der Waals surface area contributed by atoms with Crippen LogP contribution in [0.1, 0.15) is 55.4 Å². The Kier molecular flexibility index (Phi) is 6.26. The van der Waals surface area contributed by atoms with Crippen molar-refractivity contribution in [2.24, 2.45) is 11.3 Å². The first-order valence-corrected chi connectivity index (χ1v) is 8.26. The molecule has 0 aromatic heterocycles. The Labute approximate surface area is 110 Å². The van der Waals surface area contributed by atoms with E-state index >= 15 is 0 Å². The van der Waals surface area contributed by atoms with Crippen LogP contribution in [-0.4, -0.2) is 21.2 Å². The van der Waals surface area contributed by atoms with E-state index in [4.69, 9.17) is 0 Å². The van der Waals surface area contributed by atoms with Crippen LogP contribution < -0.4 is 0 Å². The molecule has 16 heavy (non-hydrogen) atoms. The van der Waals surface area contributed by atoms with E-state index < -0.39 is 0 Å². The average molecular weight is 264 g/mol. The highest BCUT2D eigenvalue weighted by molar-refractivity contribution is 8.77. The molecule has 0 heterocycles. The SMILES string of the molecule is CC(O)C(C)SSC(C)(C)C(C)(C)C(C)C. The van der Waals surface area contributed by atoms with E-state index in [9.17, 15) is 5.11 Å². The van der Waals surface area contributed by atoms with E-state index in [1.165, 1.54) is 0 Å². The number of aliphatic hydroxyl groups is 1. The first kappa shape index (κ1) is 16.7. The molecule has 0 aliphatic rings. The lowest BCUT2D eigenvalue weighted by Gasteiger charge is -2.44. The predicted octanol–water partition coefficient (Wildman–Crippen LogP) is 4.60. The van der Waals surface area contributed by atoms with Crippen LogP contribution in [0.5, 0.6) is 0 Å². The lowest BCUT2D eigenvalue weighted by Crippen LogP contribution is -2.39. The molecule has 0 radical (unpaired) electrons. The summed E-state index contributed by atoms with van der Waals surface area (Å²) in [5, 5.41) is 9.78. The van der Waals surface area contributed by atoms with E-state index in [2.05, 4.69) is 48.5 Å². The van der Waals surface area contributed by atoms with Crippen LogP contribution >= 0.6 is 21.6 Å². The molecule has 0 rings (SSSR count). The highest BCUT2D eigenvalue weighted by atomic mass is 33.1. The fraction of sp³-hybridized carbons (Fsp3) is 1.00. The van der Waals surface area contributed by atoms with Gasteiger partial charge in [-0.05, 0) is 39.0 Å². The van der Waals surface area contributed by atoms with Gasteiger partial charge in [-0.2, -0.15) is 0 Å². The Balaban J connectivity index is 4.46. The van der Waals surface area contributed by atoms with Crippen molar-refractivity contribution in [3.05, 3.63) is 0 Å². The Morgan fingerprint density at radius 1 is 0.938 bits per heavy atom. The highest BCUT2D eigenvalue weighted by Gasteiger charge is 2.40. The molecule has 2 atom stereocenters. The van der Waals surface area contributed by atoms with Crippen LogP contribution in [0.3, 0.4) is 0 Å². The second-order valence-electron chi connectivity index (χ2n) is 6.01. The summed E-state index contributed by atoms with van der Waals surface area (Å²) in [6.45, 7) is 17.8. The lowest BCUT2D eigenvalue weighted by atomic mass is 9.72. The number of hydrogen-bond acceptors (Lipinski definition) is 3. The Morgan fingerprint density at radius 2 is 1.38 bits per heavy atom. The molecular weight excluding hydrogens is 236 g/mol. The molecule has 1 N–H and O–H groups in total. The van der Waals surface area contributed by atoms with E-state index in [-0.39, 0.29) is 21.5 Å². The topological polar surface area (TPSA) is 20.2 Å². The lowest BCUT2D eigenvalue weighted by molar-refractivity contribution is 0.192. The van der Waals surface area contributed by atoms with Crippen LogP contribution in [-0.2, 0) is 0 Å². The quantitative estimate of drug-likeness (QED) is 0.708. The third-order valence-electron chi connectivity index (χ3n) is 4.08. The molecule has 1 nitrogen and oxygen atoms in total. The molecule has 0 fully saturated rings. The monoisotopic (exact) mass is 264 g/mol. The maximum Gasteiger partial charge on any atom is 0.0636 e. The van der Waals surface area contributed by atoms with Gasteiger partial charge >= 0.3 is 0 Å². The summed E-state index contributed by atoms with van der Waals surface area (Å²) in [5.41, 5.74) is 0.281. The fourth-order valence-corrected chi connectivity index (χ4v) is 4.39. The molecule has 0 bridgehead atoms. The predicted molar refractivity (Wildman–Crippen MR) is 79.0 cm³/mol. The number of hydrogen-bond donors (Lipinski definition) is 1. The van der Waals surface area contributed by atoms with E-state index in [0.717, 1.165) is 0 Å². The minimum atomic E-state index is -0.240. The van der Waals surface area contributed by atoms with Gasteiger partial charge < -0.3 is 5.11 Å². The van der Waals surface area contributed by atoms with Gasteiger partial charge in [-0.25, -0.2) is 0 Å². The second-order valence-corrected chi connectivity index (χ2v) is 9.21. The Hall–Kier alpha value is 0.660. The van der Waals surface area contributed by atoms with Crippen molar-refractivity contribution < 1.29 is 5.11 Å². The van der Waals surface area contributed by atoms with Gasteiger partial charge in [0.05, 0.1) is 6.10 Å². The zero-order chi connectivity index (χ0) is 13.1. The molecule has 0 aromatic rings. The van der Waals surface area contributed by atoms with Crippen molar-refractivity contribution in [1.29, 1.82) is 0 Å². The van der Waals surface area contributed by atoms with Gasteiger partial charge in [0.2, 0.25) is 0 Å². The fourth-order valence-electron chi connectivity index (χ4n) is 1.08. The summed E-state index contributed by atoms with van der Waals surface area (Å²) >= 11 is 0. The van der Waals surface area contributed by atoms with Crippen molar-refractivity contribution in [2.75, 3.05) is 0 Å². The van der Waals surface area contributed by atoms with Crippen molar-refractivity contribution in [3.63, 3.8) is 0 Å². The van der Waals surface area contributed by atoms with Gasteiger partial charge in [-0.3, -0.25) is 0 Å². The zero-order valence-electron chi connectivity index (χ0n) is 12.0. The summed E-state index contributed by atoms with van der Waals surface area (Å²) in [6.07, 6.45) is -0.240. The van der Waals surface area contributed by atoms with Crippen molar-refractivity contribution in [2.45, 2.75) is 71.5 Å². The number of rotatable bonds is 6. The standard InChI is InChI=1S/C13H28OS2/c1-9(2)12(5,6)13(7,8)16-15-11(4)10(3)14/h9-11,14H,1-8H3. The van der Waals surface area contributed by atoms with E-state index in [1.54, 1.807) is 10.8 Å². The Bertz CT molecular complexity index is 210. The Morgan fingerprint density at radius 3 is 1.69 bits per heavy atom. The van der Waals surface area contributed by atoms with Crippen molar-refractivity contribution in [3.8, 4) is 0 Å². The van der Waals surface area contributed by atoms with Gasteiger partial charge in [-0.1, -0.05) is 49.3 Å². The number of aliphatic hydroxyl groups excluding tert-OH is 1. The molecule has 2 unspecified atom stereocenters. The molecule has 0 amide bonds. The van der Waals surface area contributed by atoms with Gasteiger partial charge in [0.25, 0.3) is 0 Å². The van der Waals surface area contributed by atoms with Crippen LogP contribution in [0.25, 0.3) is 0 Å². The molecule has 0 aromatic carbocycles. The third-order valence-corrected chi connectivity index (χ3v) is 8.27. The smallest absolute Gasteiger partial charge is 0.0636 e. The largest absolute Gasteiger partial charge is 0.392 e. The molecule has 0 saturated carbocycles. The van der Waals surface area contributed by atoms with Gasteiger partial charge in [0.1, 0.15) is 0 Å². The van der Waals surface area contributed by atoms with Crippen LogP contribution in [0.15, 0.2) is 0 Å². The van der Waals surface area contributed by atoms with Crippen LogP contribution in [0, 0.1) is 11.3 Å². The molecule has 0 aliphatic heterocycles. The van der Waals surface area contributed by atoms with Crippen LogP contribution in [0.2, 0.25) is 0 Å². The zero-order valence-corrected chi connectivity index (χ0v) is 13.6. The molecular formula is C13H28OS2. The van der Waals surface area contributed by atoms with Gasteiger partial charge in [0, 0.05) is 10.00 Å². The van der Waals surface area contributed by atoms with E-state index in [0.29, 0.717) is 5.92 Å². The van der Waals surface area contributed by atoms with Crippen molar-refractivity contribution in [1.82, 2.24) is 0 Å². The van der Waals surface area contributed by atoms with Crippen LogP contribution in [0.4, 0.5) is 0 Å². The second kappa shape index (κ2) is 6.01. The average Bonchev–Trinajstić information content (AvgIpc) is 2.13. The molecule has 0 aliphatic carbocycles. The maximum atomic E-state index is 9.50. The summed E-state index contributed by atoms with van der Waals surface area (Å²) in [4.78, 5) is 0. The highest BCUT2D eigenvalue weighted by Crippen LogP contribution is 2.51. The first-order chi connectivity index (χ1) is 7.02. The molecule has 0 spiro atoms. The first-order valence-electron chi connectivity index (χ1n) is 6.05. The minimum absolute atomic E-state index is 0.203. The van der Waals surface area contributed by atoms with Crippen molar-refractivity contribution >= 4 is 21.6 Å².